The molecule has 0 N–H and O–H groups in total. The zero-order valence-corrected chi connectivity index (χ0v) is 10.5. The molecule has 1 rings (SSSR count). The molecule has 16 heavy (non-hydrogen) atoms. The van der Waals surface area contributed by atoms with Gasteiger partial charge in [-0.25, -0.2) is 0 Å². The van der Waals surface area contributed by atoms with Crippen molar-refractivity contribution in [1.82, 2.24) is 0 Å². The van der Waals surface area contributed by atoms with Gasteiger partial charge in [-0.2, -0.15) is 5.26 Å². The molecule has 0 aromatic heterocycles. The number of rotatable bonds is 4. The van der Waals surface area contributed by atoms with E-state index in [9.17, 15) is 4.79 Å². The molecule has 1 unspecified atom stereocenters. The van der Waals surface area contributed by atoms with Gasteiger partial charge >= 0.3 is 0 Å². The normalized spacial score (nSPS) is 13.5. The Bertz CT molecular complexity index is 424. The van der Waals surface area contributed by atoms with Crippen molar-refractivity contribution in [2.45, 2.75) is 18.1 Å². The van der Waals surface area contributed by atoms with Crippen LogP contribution in [0.15, 0.2) is 30.3 Å². The van der Waals surface area contributed by atoms with Crippen molar-refractivity contribution in [3.8, 4) is 6.07 Å². The van der Waals surface area contributed by atoms with Crippen LogP contribution in [0.2, 0.25) is 0 Å². The van der Waals surface area contributed by atoms with E-state index >= 15 is 0 Å². The summed E-state index contributed by atoms with van der Waals surface area (Å²) < 4.78 is -0.124. The molecule has 1 aromatic carbocycles. The van der Waals surface area contributed by atoms with Gasteiger partial charge in [0.05, 0.1) is 10.3 Å². The van der Waals surface area contributed by atoms with Gasteiger partial charge < -0.3 is 4.79 Å². The first-order valence-corrected chi connectivity index (χ1v) is 5.97. The van der Waals surface area contributed by atoms with Crippen molar-refractivity contribution in [1.29, 1.82) is 5.26 Å². The fourth-order valence-electron chi connectivity index (χ4n) is 1.11. The van der Waals surface area contributed by atoms with E-state index < -0.39 is 4.75 Å². The number of benzene rings is 1. The predicted octanol–water partition coefficient (Wildman–Crippen LogP) is 2.97. The summed E-state index contributed by atoms with van der Waals surface area (Å²) in [6.07, 6.45) is 0.935. The lowest BCUT2D eigenvalue weighted by molar-refractivity contribution is -0.108. The third kappa shape index (κ3) is 3.44. The van der Waals surface area contributed by atoms with Crippen LogP contribution in [0.3, 0.4) is 0 Å². The highest BCUT2D eigenvalue weighted by molar-refractivity contribution is 8.24. The maximum absolute atomic E-state index is 10.5. The molecular weight excluding hydrogens is 238 g/mol. The number of hydrogen-bond acceptors (Lipinski definition) is 4. The lowest BCUT2D eigenvalue weighted by Gasteiger charge is -2.18. The number of thioether (sulfide) groups is 1. The molecule has 0 fully saturated rings. The van der Waals surface area contributed by atoms with Gasteiger partial charge in [0.25, 0.3) is 0 Å². The first-order chi connectivity index (χ1) is 7.61. The first-order valence-electron chi connectivity index (χ1n) is 4.74. The Morgan fingerprint density at radius 2 is 2.19 bits per heavy atom. The molecule has 0 heterocycles. The molecule has 0 aliphatic rings. The number of carbonyl (C=O) groups excluding carboxylic acids is 1. The second-order valence-electron chi connectivity index (χ2n) is 3.47. The van der Waals surface area contributed by atoms with Crippen LogP contribution < -0.4 is 0 Å². The average Bonchev–Trinajstić information content (AvgIpc) is 2.30. The van der Waals surface area contributed by atoms with E-state index in [4.69, 9.17) is 17.5 Å². The SMILES string of the molecule is CC(C#N)(CC=O)SC(=S)c1ccccc1. The smallest absolute Gasteiger partial charge is 0.122 e. The van der Waals surface area contributed by atoms with E-state index in [1.165, 1.54) is 11.8 Å². The second-order valence-corrected chi connectivity index (χ2v) is 5.65. The summed E-state index contributed by atoms with van der Waals surface area (Å²) >= 11 is 6.51. The van der Waals surface area contributed by atoms with Crippen LogP contribution in [-0.4, -0.2) is 15.2 Å². The maximum atomic E-state index is 10.5. The predicted molar refractivity (Wildman–Crippen MR) is 70.4 cm³/mol. The number of aldehydes is 1. The second kappa shape index (κ2) is 5.78. The fourth-order valence-corrected chi connectivity index (χ4v) is 2.65. The van der Waals surface area contributed by atoms with Gasteiger partial charge in [0.15, 0.2) is 0 Å². The largest absolute Gasteiger partial charge is 0.303 e. The highest BCUT2D eigenvalue weighted by Crippen LogP contribution is 2.30. The molecule has 4 heteroatoms. The number of nitriles is 1. The van der Waals surface area contributed by atoms with Crippen molar-refractivity contribution >= 4 is 34.5 Å². The summed E-state index contributed by atoms with van der Waals surface area (Å²) in [7, 11) is 0. The maximum Gasteiger partial charge on any atom is 0.122 e. The number of nitrogens with zero attached hydrogens (tertiary/aromatic N) is 1. The molecule has 0 saturated carbocycles. The van der Waals surface area contributed by atoms with Crippen molar-refractivity contribution in [3.05, 3.63) is 35.9 Å². The van der Waals surface area contributed by atoms with Gasteiger partial charge in [-0.15, -0.1) is 0 Å². The third-order valence-electron chi connectivity index (χ3n) is 2.04. The van der Waals surface area contributed by atoms with Gasteiger partial charge in [0.2, 0.25) is 0 Å². The Balaban J connectivity index is 2.78. The molecule has 0 spiro atoms. The van der Waals surface area contributed by atoms with Crippen molar-refractivity contribution in [3.63, 3.8) is 0 Å². The van der Waals surface area contributed by atoms with E-state index in [1.807, 2.05) is 30.3 Å². The molecule has 0 saturated heterocycles. The van der Waals surface area contributed by atoms with Crippen LogP contribution >= 0.6 is 24.0 Å². The molecule has 0 radical (unpaired) electrons. The summed E-state index contributed by atoms with van der Waals surface area (Å²) in [6, 6.07) is 11.6. The van der Waals surface area contributed by atoms with E-state index in [1.54, 1.807) is 6.92 Å². The Morgan fingerprint density at radius 3 is 2.69 bits per heavy atom. The molecule has 0 aliphatic heterocycles. The quantitative estimate of drug-likeness (QED) is 0.607. The average molecular weight is 249 g/mol. The van der Waals surface area contributed by atoms with Crippen molar-refractivity contribution in [2.75, 3.05) is 0 Å². The van der Waals surface area contributed by atoms with E-state index in [0.717, 1.165) is 11.8 Å². The molecule has 1 atom stereocenters. The summed E-state index contributed by atoms with van der Waals surface area (Å²) in [6.45, 7) is 1.72. The lowest BCUT2D eigenvalue weighted by Crippen LogP contribution is -2.20. The van der Waals surface area contributed by atoms with Crippen LogP contribution in [0, 0.1) is 11.3 Å². The number of thiocarbonyl (C=S) groups is 1. The zero-order valence-electron chi connectivity index (χ0n) is 8.84. The van der Waals surface area contributed by atoms with E-state index in [2.05, 4.69) is 6.07 Å². The van der Waals surface area contributed by atoms with Crippen molar-refractivity contribution < 1.29 is 4.79 Å². The zero-order chi connectivity index (χ0) is 12.0. The monoisotopic (exact) mass is 249 g/mol. The van der Waals surface area contributed by atoms with Crippen LogP contribution in [-0.2, 0) is 4.79 Å². The van der Waals surface area contributed by atoms with Crippen molar-refractivity contribution in [2.24, 2.45) is 0 Å². The van der Waals surface area contributed by atoms with Gasteiger partial charge in [-0.05, 0) is 12.5 Å². The Morgan fingerprint density at radius 1 is 1.56 bits per heavy atom. The minimum Gasteiger partial charge on any atom is -0.303 e. The highest BCUT2D eigenvalue weighted by Gasteiger charge is 2.26. The van der Waals surface area contributed by atoms with E-state index in [-0.39, 0.29) is 6.42 Å². The molecule has 2 nitrogen and oxygen atoms in total. The minimum atomic E-state index is -0.769. The molecule has 82 valence electrons. The standard InChI is InChI=1S/C12H11NOS2/c1-12(9-13,7-8-14)16-11(15)10-5-3-2-4-6-10/h2-6,8H,7H2,1H3. The van der Waals surface area contributed by atoms with Gasteiger partial charge in [-0.1, -0.05) is 54.3 Å². The Hall–Kier alpha value is -1.18. The topological polar surface area (TPSA) is 40.9 Å². The lowest BCUT2D eigenvalue weighted by atomic mass is 10.1. The molecular formula is C12H11NOS2. The Labute approximate surface area is 105 Å². The summed E-state index contributed by atoms with van der Waals surface area (Å²) in [5, 5.41) is 9.02. The van der Waals surface area contributed by atoms with Gasteiger partial charge in [-0.3, -0.25) is 0 Å². The summed E-state index contributed by atoms with van der Waals surface area (Å²) in [4.78, 5) is 10.5. The number of carbonyl (C=O) groups is 1. The van der Waals surface area contributed by atoms with Crippen LogP contribution in [0.1, 0.15) is 18.9 Å². The van der Waals surface area contributed by atoms with Crippen LogP contribution in [0.5, 0.6) is 0 Å². The first kappa shape index (κ1) is 12.9. The van der Waals surface area contributed by atoms with Crippen LogP contribution in [0.4, 0.5) is 0 Å². The Kier molecular flexibility index (Phi) is 4.66. The van der Waals surface area contributed by atoms with E-state index in [0.29, 0.717) is 4.20 Å². The molecule has 0 aliphatic carbocycles. The molecule has 0 bridgehead atoms. The van der Waals surface area contributed by atoms with Crippen LogP contribution in [0.25, 0.3) is 0 Å². The van der Waals surface area contributed by atoms with Gasteiger partial charge in [0, 0.05) is 6.42 Å². The summed E-state index contributed by atoms with van der Waals surface area (Å²) in [5.41, 5.74) is 0.912. The number of hydrogen-bond donors (Lipinski definition) is 0. The molecule has 1 aromatic rings. The summed E-state index contributed by atoms with van der Waals surface area (Å²) in [5.74, 6) is 0. The van der Waals surface area contributed by atoms with Gasteiger partial charge in [0.1, 0.15) is 11.0 Å². The fraction of sp³-hybridized carbons (Fsp3) is 0.250. The molecule has 0 amide bonds. The highest BCUT2D eigenvalue weighted by atomic mass is 32.2. The third-order valence-corrected chi connectivity index (χ3v) is 3.65. The minimum absolute atomic E-state index is 0.182.